The summed E-state index contributed by atoms with van der Waals surface area (Å²) in [4.78, 5) is 11.9. The van der Waals surface area contributed by atoms with Gasteiger partial charge in [0, 0.05) is 18.9 Å². The van der Waals surface area contributed by atoms with Crippen LogP contribution in [0.15, 0.2) is 30.3 Å². The van der Waals surface area contributed by atoms with Gasteiger partial charge >= 0.3 is 0 Å². The summed E-state index contributed by atoms with van der Waals surface area (Å²) < 4.78 is 22.1. The zero-order valence-electron chi connectivity index (χ0n) is 13.0. The molecule has 1 N–H and O–H groups in total. The first kappa shape index (κ1) is 17.4. The van der Waals surface area contributed by atoms with Gasteiger partial charge in [-0.2, -0.15) is 0 Å². The number of allylic oxidation sites excluding steroid dienone is 1. The van der Waals surface area contributed by atoms with Crippen LogP contribution in [0.25, 0.3) is 5.57 Å². The van der Waals surface area contributed by atoms with E-state index in [4.69, 9.17) is 0 Å². The van der Waals surface area contributed by atoms with E-state index in [1.165, 1.54) is 5.56 Å². The molecule has 1 amide bonds. The van der Waals surface area contributed by atoms with E-state index >= 15 is 0 Å². The molecule has 0 fully saturated rings. The average molecular weight is 309 g/mol. The van der Waals surface area contributed by atoms with E-state index in [2.05, 4.69) is 5.32 Å². The van der Waals surface area contributed by atoms with Crippen molar-refractivity contribution in [2.24, 2.45) is 5.92 Å². The highest BCUT2D eigenvalue weighted by molar-refractivity contribution is 7.90. The Morgan fingerprint density at radius 3 is 2.29 bits per heavy atom. The first-order chi connectivity index (χ1) is 9.69. The Morgan fingerprint density at radius 2 is 1.81 bits per heavy atom. The van der Waals surface area contributed by atoms with Crippen molar-refractivity contribution >= 4 is 21.3 Å². The number of hydrogen-bond donors (Lipinski definition) is 1. The highest BCUT2D eigenvalue weighted by Crippen LogP contribution is 2.23. The number of amides is 1. The van der Waals surface area contributed by atoms with Crippen molar-refractivity contribution < 1.29 is 13.2 Å². The highest BCUT2D eigenvalue weighted by Gasteiger charge is 2.09. The minimum atomic E-state index is -3.06. The van der Waals surface area contributed by atoms with Crippen molar-refractivity contribution in [1.82, 2.24) is 5.32 Å². The highest BCUT2D eigenvalue weighted by atomic mass is 32.2. The predicted octanol–water partition coefficient (Wildman–Crippen LogP) is 2.20. The van der Waals surface area contributed by atoms with Gasteiger partial charge in [-0.1, -0.05) is 43.7 Å². The summed E-state index contributed by atoms with van der Waals surface area (Å²) in [5, 5.41) is 2.61. The zero-order valence-corrected chi connectivity index (χ0v) is 13.8. The van der Waals surface area contributed by atoms with Crippen LogP contribution >= 0.6 is 0 Å². The third kappa shape index (κ3) is 6.58. The molecule has 116 valence electrons. The molecule has 0 saturated heterocycles. The summed E-state index contributed by atoms with van der Waals surface area (Å²) in [5.41, 5.74) is 3.11. The van der Waals surface area contributed by atoms with Crippen LogP contribution in [0.1, 0.15) is 25.0 Å². The number of aryl methyl sites for hydroxylation is 1. The number of sulfone groups is 1. The first-order valence-electron chi connectivity index (χ1n) is 6.93. The summed E-state index contributed by atoms with van der Waals surface area (Å²) >= 11 is 0. The van der Waals surface area contributed by atoms with E-state index in [0.29, 0.717) is 0 Å². The summed E-state index contributed by atoms with van der Waals surface area (Å²) in [6.45, 7) is 6.19. The Morgan fingerprint density at radius 1 is 1.24 bits per heavy atom. The van der Waals surface area contributed by atoms with Gasteiger partial charge in [-0.3, -0.25) is 4.79 Å². The maximum absolute atomic E-state index is 11.9. The van der Waals surface area contributed by atoms with Gasteiger partial charge in [-0.15, -0.1) is 0 Å². The predicted molar refractivity (Wildman–Crippen MR) is 86.7 cm³/mol. The van der Waals surface area contributed by atoms with E-state index in [-0.39, 0.29) is 24.1 Å². The number of carbonyl (C=O) groups excluding carboxylic acids is 1. The molecular formula is C16H23NO3S. The topological polar surface area (TPSA) is 63.2 Å². The molecule has 5 heteroatoms. The Kier molecular flexibility index (Phi) is 6.15. The van der Waals surface area contributed by atoms with Gasteiger partial charge in [0.15, 0.2) is 0 Å². The van der Waals surface area contributed by atoms with Crippen LogP contribution in [0, 0.1) is 12.8 Å². The third-order valence-electron chi connectivity index (χ3n) is 3.07. The van der Waals surface area contributed by atoms with E-state index < -0.39 is 9.84 Å². The molecule has 0 unspecified atom stereocenters. The molecule has 1 rings (SSSR count). The monoisotopic (exact) mass is 309 g/mol. The van der Waals surface area contributed by atoms with Crippen LogP contribution in [-0.4, -0.2) is 32.9 Å². The minimum Gasteiger partial charge on any atom is -0.352 e. The molecular weight excluding hydrogens is 286 g/mol. The fourth-order valence-electron chi connectivity index (χ4n) is 1.88. The van der Waals surface area contributed by atoms with Gasteiger partial charge < -0.3 is 5.32 Å². The summed E-state index contributed by atoms with van der Waals surface area (Å²) in [7, 11) is -3.06. The van der Waals surface area contributed by atoms with Crippen molar-refractivity contribution in [1.29, 1.82) is 0 Å². The molecule has 4 nitrogen and oxygen atoms in total. The SMILES string of the molecule is Cc1ccc(/C(=C/C(=O)NCCS(C)(=O)=O)C(C)C)cc1. The lowest BCUT2D eigenvalue weighted by atomic mass is 9.94. The number of nitrogens with one attached hydrogen (secondary N) is 1. The van der Waals surface area contributed by atoms with Crippen LogP contribution in [0.3, 0.4) is 0 Å². The van der Waals surface area contributed by atoms with Crippen LogP contribution in [0.5, 0.6) is 0 Å². The second kappa shape index (κ2) is 7.41. The van der Waals surface area contributed by atoms with E-state index in [1.807, 2.05) is 45.0 Å². The van der Waals surface area contributed by atoms with Crippen LogP contribution in [0.4, 0.5) is 0 Å². The Labute approximate surface area is 127 Å². The second-order valence-corrected chi connectivity index (χ2v) is 7.80. The van der Waals surface area contributed by atoms with Crippen LogP contribution in [0.2, 0.25) is 0 Å². The lowest BCUT2D eigenvalue weighted by Crippen LogP contribution is -2.27. The molecule has 0 aliphatic carbocycles. The van der Waals surface area contributed by atoms with E-state index in [0.717, 1.165) is 17.4 Å². The van der Waals surface area contributed by atoms with Crippen molar-refractivity contribution in [2.75, 3.05) is 18.6 Å². The molecule has 0 saturated carbocycles. The average Bonchev–Trinajstić information content (AvgIpc) is 2.35. The number of hydrogen-bond acceptors (Lipinski definition) is 3. The van der Waals surface area contributed by atoms with Gasteiger partial charge in [-0.05, 0) is 24.0 Å². The summed E-state index contributed by atoms with van der Waals surface area (Å²) in [6, 6.07) is 8.00. The molecule has 0 bridgehead atoms. The molecule has 0 aromatic heterocycles. The number of benzene rings is 1. The van der Waals surface area contributed by atoms with Gasteiger partial charge in [0.1, 0.15) is 9.84 Å². The summed E-state index contributed by atoms with van der Waals surface area (Å²) in [6.07, 6.45) is 2.71. The van der Waals surface area contributed by atoms with Crippen LogP contribution < -0.4 is 5.32 Å². The fraction of sp³-hybridized carbons (Fsp3) is 0.438. The smallest absolute Gasteiger partial charge is 0.244 e. The molecule has 1 aromatic carbocycles. The molecule has 0 spiro atoms. The largest absolute Gasteiger partial charge is 0.352 e. The van der Waals surface area contributed by atoms with Crippen molar-refractivity contribution in [3.8, 4) is 0 Å². The maximum Gasteiger partial charge on any atom is 0.244 e. The van der Waals surface area contributed by atoms with Crippen LogP contribution in [-0.2, 0) is 14.6 Å². The molecule has 0 heterocycles. The Hall–Kier alpha value is -1.62. The number of rotatable bonds is 6. The zero-order chi connectivity index (χ0) is 16.0. The lowest BCUT2D eigenvalue weighted by Gasteiger charge is -2.12. The third-order valence-corrected chi connectivity index (χ3v) is 4.01. The molecule has 1 aromatic rings. The van der Waals surface area contributed by atoms with Crippen molar-refractivity contribution in [3.63, 3.8) is 0 Å². The Balaban J connectivity index is 2.80. The van der Waals surface area contributed by atoms with Gasteiger partial charge in [0.05, 0.1) is 5.75 Å². The lowest BCUT2D eigenvalue weighted by molar-refractivity contribution is -0.116. The van der Waals surface area contributed by atoms with Crippen molar-refractivity contribution in [3.05, 3.63) is 41.5 Å². The number of carbonyl (C=O) groups is 1. The molecule has 0 aliphatic heterocycles. The van der Waals surface area contributed by atoms with Gasteiger partial charge in [0.2, 0.25) is 5.91 Å². The molecule has 0 aliphatic rings. The van der Waals surface area contributed by atoms with E-state index in [9.17, 15) is 13.2 Å². The standard InChI is InChI=1S/C16H23NO3S/c1-12(2)15(14-7-5-13(3)6-8-14)11-16(18)17-9-10-21(4,19)20/h5-8,11-12H,9-10H2,1-4H3,(H,17,18)/b15-11+. The van der Waals surface area contributed by atoms with Gasteiger partial charge in [0.25, 0.3) is 0 Å². The molecule has 21 heavy (non-hydrogen) atoms. The Bertz CT molecular complexity index is 613. The molecule has 0 atom stereocenters. The summed E-state index contributed by atoms with van der Waals surface area (Å²) in [5.74, 6) is -0.106. The molecule has 0 radical (unpaired) electrons. The quantitative estimate of drug-likeness (QED) is 0.819. The van der Waals surface area contributed by atoms with Crippen molar-refractivity contribution in [2.45, 2.75) is 20.8 Å². The minimum absolute atomic E-state index is 0.0475. The van der Waals surface area contributed by atoms with E-state index in [1.54, 1.807) is 6.08 Å². The van der Waals surface area contributed by atoms with Gasteiger partial charge in [-0.25, -0.2) is 8.42 Å². The normalized spacial score (nSPS) is 12.5. The fourth-order valence-corrected chi connectivity index (χ4v) is 2.35. The second-order valence-electron chi connectivity index (χ2n) is 5.54. The maximum atomic E-state index is 11.9. The first-order valence-corrected chi connectivity index (χ1v) is 8.99.